The Kier molecular flexibility index (Phi) is 30.1. The van der Waals surface area contributed by atoms with Crippen LogP contribution in [-0.4, -0.2) is 194 Å². The summed E-state index contributed by atoms with van der Waals surface area (Å²) < 4.78 is 52.4. The molecule has 0 spiro atoms. The van der Waals surface area contributed by atoms with Gasteiger partial charge in [0, 0.05) is 59.6 Å². The van der Waals surface area contributed by atoms with E-state index in [0.29, 0.717) is 51.1 Å². The van der Waals surface area contributed by atoms with Crippen LogP contribution in [0, 0.1) is 18.7 Å². The molecule has 1 aliphatic heterocycles. The molecule has 534 valence electrons. The number of nitrogens with one attached hydrogen (secondary N) is 8. The van der Waals surface area contributed by atoms with Gasteiger partial charge in [0.1, 0.15) is 54.4 Å². The number of carbonyl (C=O) groups excluding carboxylic acids is 9. The first-order valence-electron chi connectivity index (χ1n) is 32.1. The van der Waals surface area contributed by atoms with Gasteiger partial charge in [-0.05, 0) is 98.3 Å². The quantitative estimate of drug-likeness (QED) is 0.0142. The van der Waals surface area contributed by atoms with Gasteiger partial charge in [0.25, 0.3) is 11.8 Å². The number of pyridine rings is 2. The number of ether oxygens (including phenoxy) is 7. The molecule has 11 N–H and O–H groups in total. The fraction of sp³-hybridized carbons (Fsp3) is 0.397. The number of urea groups is 1. The van der Waals surface area contributed by atoms with Crippen LogP contribution in [-0.2, 0) is 75.1 Å². The summed E-state index contributed by atoms with van der Waals surface area (Å²) in [5.74, 6) is -5.84. The van der Waals surface area contributed by atoms with E-state index in [2.05, 4.69) is 47.2 Å². The molecule has 0 unspecified atom stereocenters. The number of aromatic nitrogens is 4. The third kappa shape index (κ3) is 25.2. The van der Waals surface area contributed by atoms with Crippen LogP contribution >= 0.6 is 0 Å². The van der Waals surface area contributed by atoms with Gasteiger partial charge in [-0.1, -0.05) is 38.1 Å². The third-order valence-electron chi connectivity index (χ3n) is 14.9. The molecule has 7 rings (SSSR count). The van der Waals surface area contributed by atoms with Crippen molar-refractivity contribution < 1.29 is 90.6 Å². The second kappa shape index (κ2) is 39.4. The first-order valence-corrected chi connectivity index (χ1v) is 32.1. The SMILES string of the molecule is COC(=O)c1cc(F)cc(NCc2nc(-c3cccc(C)n3)c(-c3ccc4ncc(OCCNC(=O)OCc5ccc(NC(=O)[C@H](CCCNC(N)=O)NC(=O)[C@@H](NC(=O)[C@H](CCC(=O)O)NC(=O)CCOCCOCCOCCOCCN6C(=O)C=CC6=O)C(C)C)cc5)cc4c3)[nH]2)c1. The minimum Gasteiger partial charge on any atom is -0.490 e. The normalized spacial score (nSPS) is 12.7. The number of nitrogens with two attached hydrogens (primary N) is 1. The Hall–Kier alpha value is -11.0. The monoisotopic (exact) mass is 1390 g/mol. The Morgan fingerprint density at radius 3 is 2.09 bits per heavy atom. The number of amides is 9. The van der Waals surface area contributed by atoms with Crippen molar-refractivity contribution in [2.45, 2.75) is 84.2 Å². The summed E-state index contributed by atoms with van der Waals surface area (Å²) in [5.41, 5.74) is 10.6. The number of carboxylic acids is 1. The second-order valence-electron chi connectivity index (χ2n) is 22.9. The number of carbonyl (C=O) groups is 10. The maximum Gasteiger partial charge on any atom is 0.407 e. The zero-order chi connectivity index (χ0) is 71.9. The summed E-state index contributed by atoms with van der Waals surface area (Å²) in [5, 5.41) is 28.9. The van der Waals surface area contributed by atoms with Gasteiger partial charge in [-0.3, -0.25) is 48.4 Å². The molecule has 0 radical (unpaired) electrons. The molecule has 0 fully saturated rings. The Morgan fingerprint density at radius 2 is 1.41 bits per heavy atom. The van der Waals surface area contributed by atoms with Crippen LogP contribution in [0.5, 0.6) is 5.75 Å². The summed E-state index contributed by atoms with van der Waals surface area (Å²) in [7, 11) is 1.22. The lowest BCUT2D eigenvalue weighted by Gasteiger charge is -2.27. The van der Waals surface area contributed by atoms with Gasteiger partial charge in [-0.2, -0.15) is 0 Å². The van der Waals surface area contributed by atoms with Crippen LogP contribution in [0.1, 0.15) is 73.4 Å². The summed E-state index contributed by atoms with van der Waals surface area (Å²) in [6.45, 7) is 6.89. The lowest BCUT2D eigenvalue weighted by molar-refractivity contribution is -0.139. The van der Waals surface area contributed by atoms with Crippen molar-refractivity contribution in [3.8, 4) is 28.4 Å². The number of benzene rings is 3. The van der Waals surface area contributed by atoms with Crippen LogP contribution in [0.25, 0.3) is 33.5 Å². The topological polar surface area (TPSA) is 423 Å². The van der Waals surface area contributed by atoms with E-state index in [1.54, 1.807) is 44.3 Å². The summed E-state index contributed by atoms with van der Waals surface area (Å²) in [6.07, 6.45) is 2.41. The number of hydrogen-bond acceptors (Lipinski definition) is 21. The lowest BCUT2D eigenvalue weighted by atomic mass is 10.0. The Bertz CT molecular complexity index is 3830. The number of halogens is 1. The van der Waals surface area contributed by atoms with E-state index < -0.39 is 84.0 Å². The van der Waals surface area contributed by atoms with E-state index in [4.69, 9.17) is 48.9 Å². The van der Waals surface area contributed by atoms with Crippen molar-refractivity contribution >= 4 is 81.8 Å². The molecule has 3 aromatic carbocycles. The van der Waals surface area contributed by atoms with Crippen molar-refractivity contribution in [3.63, 3.8) is 0 Å². The average molecular weight is 1390 g/mol. The van der Waals surface area contributed by atoms with Gasteiger partial charge in [0.15, 0.2) is 0 Å². The number of primary amides is 1. The molecular weight excluding hydrogens is 1310 g/mol. The molecule has 0 aliphatic carbocycles. The lowest BCUT2D eigenvalue weighted by Crippen LogP contribution is -2.58. The molecule has 32 heteroatoms. The van der Waals surface area contributed by atoms with E-state index in [-0.39, 0.29) is 135 Å². The molecule has 1 aliphatic rings. The van der Waals surface area contributed by atoms with Crippen molar-refractivity contribution in [1.29, 1.82) is 0 Å². The highest BCUT2D eigenvalue weighted by Gasteiger charge is 2.32. The number of aromatic amines is 1. The second-order valence-corrected chi connectivity index (χ2v) is 22.9. The predicted octanol–water partition coefficient (Wildman–Crippen LogP) is 4.58. The first kappa shape index (κ1) is 76.4. The summed E-state index contributed by atoms with van der Waals surface area (Å²) in [4.78, 5) is 144. The smallest absolute Gasteiger partial charge is 0.407 e. The van der Waals surface area contributed by atoms with E-state index in [1.165, 1.54) is 31.4 Å². The van der Waals surface area contributed by atoms with E-state index in [1.807, 2.05) is 49.4 Å². The number of fused-ring (bicyclic) bond motifs is 1. The number of imide groups is 1. The number of carboxylic acid groups (broad SMARTS) is 1. The number of hydrogen-bond donors (Lipinski definition) is 10. The minimum absolute atomic E-state index is 0.00294. The Balaban J connectivity index is 0.840. The van der Waals surface area contributed by atoms with Crippen LogP contribution in [0.3, 0.4) is 0 Å². The number of aryl methyl sites for hydroxylation is 1. The van der Waals surface area contributed by atoms with Gasteiger partial charge in [0.05, 0.1) is 108 Å². The average Bonchev–Trinajstić information content (AvgIpc) is 1.56. The van der Waals surface area contributed by atoms with Crippen molar-refractivity contribution in [1.82, 2.24) is 51.4 Å². The zero-order valence-corrected chi connectivity index (χ0v) is 55.7. The fourth-order valence-electron chi connectivity index (χ4n) is 9.84. The van der Waals surface area contributed by atoms with Crippen LogP contribution < -0.4 is 47.7 Å². The molecule has 0 saturated heterocycles. The number of anilines is 2. The number of H-pyrrole nitrogens is 1. The largest absolute Gasteiger partial charge is 0.490 e. The van der Waals surface area contributed by atoms with Gasteiger partial charge in [-0.25, -0.2) is 23.8 Å². The molecule has 100 heavy (non-hydrogen) atoms. The first-order chi connectivity index (χ1) is 48.1. The van der Waals surface area contributed by atoms with E-state index >= 15 is 0 Å². The van der Waals surface area contributed by atoms with Crippen molar-refractivity contribution in [3.05, 3.63) is 132 Å². The third-order valence-corrected chi connectivity index (χ3v) is 14.9. The maximum atomic E-state index is 14.4. The van der Waals surface area contributed by atoms with Crippen LogP contribution in [0.15, 0.2) is 103 Å². The van der Waals surface area contributed by atoms with Gasteiger partial charge >= 0.3 is 24.1 Å². The van der Waals surface area contributed by atoms with Crippen molar-refractivity contribution in [2.24, 2.45) is 11.7 Å². The molecule has 6 aromatic rings. The molecule has 3 atom stereocenters. The van der Waals surface area contributed by atoms with Crippen LogP contribution in [0.4, 0.5) is 25.4 Å². The van der Waals surface area contributed by atoms with Gasteiger partial charge in [0.2, 0.25) is 23.6 Å². The molecular formula is C68H82FN13O18. The Labute approximate surface area is 574 Å². The number of methoxy groups -OCH3 is 1. The van der Waals surface area contributed by atoms with Gasteiger partial charge in [-0.15, -0.1) is 0 Å². The number of imidazole rings is 1. The molecule has 4 heterocycles. The van der Waals surface area contributed by atoms with E-state index in [9.17, 15) is 57.4 Å². The highest BCUT2D eigenvalue weighted by atomic mass is 19.1. The zero-order valence-electron chi connectivity index (χ0n) is 55.7. The van der Waals surface area contributed by atoms with E-state index in [0.717, 1.165) is 27.6 Å². The summed E-state index contributed by atoms with van der Waals surface area (Å²) in [6, 6.07) is 18.6. The minimum atomic E-state index is -1.37. The predicted molar refractivity (Wildman–Crippen MR) is 359 cm³/mol. The molecule has 0 saturated carbocycles. The molecule has 9 amide bonds. The molecule has 0 bridgehead atoms. The van der Waals surface area contributed by atoms with Gasteiger partial charge < -0.3 is 86.2 Å². The number of rotatable bonds is 42. The number of nitrogens with zero attached hydrogens (tertiary/aromatic N) is 4. The fourth-order valence-corrected chi connectivity index (χ4v) is 9.84. The van der Waals surface area contributed by atoms with Crippen molar-refractivity contribution in [2.75, 3.05) is 96.8 Å². The number of alkyl carbamates (subject to hydrolysis) is 1. The Morgan fingerprint density at radius 1 is 0.710 bits per heavy atom. The number of esters is 1. The van der Waals surface area contributed by atoms with Crippen LogP contribution in [0.2, 0.25) is 0 Å². The standard InChI is InChI=1S/C68H82FN13O18/c1-41(2)60(81-64(89)54(16-19-59(86)87)77-56(83)20-24-95-27-29-97-31-32-98-30-28-96-26-23-82-57(84)17-18-58(82)85)65(90)78-53(9-6-21-71-67(70)92)63(88)76-48-13-10-43(11-14-48)40-100-68(93)72-22-25-99-50-36-45-33-44(12-15-51(45)74-38-50)61-62(52-8-5-7-42(3)75-52)80-55(79-61)39-73-49-35-46(66(91)94-4)34-47(69)37-49/h5,7-8,10-15,17-18,33-38,41,53-54,60,73H,6,9,16,19-32,39-40H2,1-4H3,(H,72,93)(H,76,88)(H,77,83)(H,78,90)(H,79,80)(H,81,89)(H,86,87)(H3,70,71,92)/t53-,54-,60-/m0/s1. The highest BCUT2D eigenvalue weighted by Crippen LogP contribution is 2.32. The highest BCUT2D eigenvalue weighted by molar-refractivity contribution is 6.13. The molecule has 31 nitrogen and oxygen atoms in total. The molecule has 3 aromatic heterocycles. The maximum absolute atomic E-state index is 14.4. The summed E-state index contributed by atoms with van der Waals surface area (Å²) >= 11 is 0. The number of aliphatic carboxylic acids is 1.